The maximum Gasteiger partial charge on any atom is 0.282 e. The number of benzene rings is 1. The minimum atomic E-state index is -0.817. The fourth-order valence-corrected chi connectivity index (χ4v) is 2.97. The summed E-state index contributed by atoms with van der Waals surface area (Å²) >= 11 is 0. The molecule has 0 radical (unpaired) electrons. The summed E-state index contributed by atoms with van der Waals surface area (Å²) in [7, 11) is 0. The van der Waals surface area contributed by atoms with Crippen LogP contribution in [0.1, 0.15) is 37.9 Å². The Hall–Kier alpha value is -2.65. The highest BCUT2D eigenvalue weighted by atomic mass is 16.6. The van der Waals surface area contributed by atoms with E-state index in [-0.39, 0.29) is 24.5 Å². The number of ether oxygens (including phenoxy) is 1. The van der Waals surface area contributed by atoms with Gasteiger partial charge >= 0.3 is 0 Å². The van der Waals surface area contributed by atoms with Crippen LogP contribution in [0.3, 0.4) is 0 Å². The number of rotatable bonds is 4. The van der Waals surface area contributed by atoms with Crippen molar-refractivity contribution in [3.05, 3.63) is 47.4 Å². The zero-order valence-electron chi connectivity index (χ0n) is 12.6. The van der Waals surface area contributed by atoms with E-state index >= 15 is 0 Å². The van der Waals surface area contributed by atoms with Gasteiger partial charge in [-0.3, -0.25) is 0 Å². The smallest absolute Gasteiger partial charge is 0.282 e. The van der Waals surface area contributed by atoms with Crippen molar-refractivity contribution >= 4 is 5.71 Å². The SMILES string of the molecule is C#CCC1(CC#C)C(=N)C(CC)=C(O)OC1c1ccccc1. The minimum absolute atomic E-state index is 0.203. The average Bonchev–Trinajstić information content (AvgIpc) is 2.53. The summed E-state index contributed by atoms with van der Waals surface area (Å²) < 4.78 is 5.77. The zero-order valence-corrected chi connectivity index (χ0v) is 12.6. The lowest BCUT2D eigenvalue weighted by Crippen LogP contribution is -2.42. The van der Waals surface area contributed by atoms with Gasteiger partial charge in [0.25, 0.3) is 5.95 Å². The number of hydrogen-bond donors (Lipinski definition) is 2. The summed E-state index contributed by atoms with van der Waals surface area (Å²) in [5.74, 6) is 5.06. The molecule has 0 aromatic heterocycles. The highest BCUT2D eigenvalue weighted by molar-refractivity contribution is 6.03. The normalized spacial score (nSPS) is 20.0. The lowest BCUT2D eigenvalue weighted by atomic mass is 9.67. The molecule has 1 aromatic rings. The standard InChI is InChI=1S/C19H19NO2/c1-4-12-19(13-5-2)16(20)15(6-3)18(21)22-17(19)14-10-8-7-9-11-14/h1-2,7-11,17,20-21H,6,12-13H2,3H3. The number of terminal acetylenes is 2. The van der Waals surface area contributed by atoms with Gasteiger partial charge in [-0.05, 0) is 12.0 Å². The van der Waals surface area contributed by atoms with Crippen molar-refractivity contribution in [2.75, 3.05) is 0 Å². The number of aliphatic hydroxyl groups excluding tert-OH is 1. The highest BCUT2D eigenvalue weighted by Gasteiger charge is 2.49. The third kappa shape index (κ3) is 2.47. The molecule has 0 fully saturated rings. The van der Waals surface area contributed by atoms with Gasteiger partial charge in [0.15, 0.2) is 0 Å². The first kappa shape index (κ1) is 15.7. The number of hydrogen-bond acceptors (Lipinski definition) is 3. The van der Waals surface area contributed by atoms with Crippen LogP contribution in [0.2, 0.25) is 0 Å². The van der Waals surface area contributed by atoms with Gasteiger partial charge in [0.05, 0.1) is 16.7 Å². The summed E-state index contributed by atoms with van der Waals surface area (Å²) in [4.78, 5) is 0. The summed E-state index contributed by atoms with van der Waals surface area (Å²) in [6, 6.07) is 9.45. The molecule has 2 N–H and O–H groups in total. The quantitative estimate of drug-likeness (QED) is 0.825. The van der Waals surface area contributed by atoms with Crippen LogP contribution in [-0.4, -0.2) is 10.8 Å². The zero-order chi connectivity index (χ0) is 16.2. The molecule has 2 rings (SSSR count). The molecule has 3 heteroatoms. The maximum absolute atomic E-state index is 10.2. The molecule has 1 atom stereocenters. The van der Waals surface area contributed by atoms with Gasteiger partial charge in [-0.2, -0.15) is 0 Å². The van der Waals surface area contributed by atoms with Crippen LogP contribution in [0.25, 0.3) is 0 Å². The van der Waals surface area contributed by atoms with Crippen LogP contribution in [0, 0.1) is 35.5 Å². The first-order valence-corrected chi connectivity index (χ1v) is 7.20. The maximum atomic E-state index is 10.2. The first-order chi connectivity index (χ1) is 10.6. The molecule has 22 heavy (non-hydrogen) atoms. The molecule has 0 saturated carbocycles. The molecular weight excluding hydrogens is 274 g/mol. The Morgan fingerprint density at radius 3 is 2.32 bits per heavy atom. The Labute approximate surface area is 131 Å². The second-order valence-corrected chi connectivity index (χ2v) is 5.34. The van der Waals surface area contributed by atoms with Crippen LogP contribution >= 0.6 is 0 Å². The van der Waals surface area contributed by atoms with Gasteiger partial charge in [0.1, 0.15) is 6.10 Å². The fraction of sp³-hybridized carbons (Fsp3) is 0.316. The summed E-state index contributed by atoms with van der Waals surface area (Å²) in [5, 5.41) is 18.7. The predicted molar refractivity (Wildman–Crippen MR) is 87.3 cm³/mol. The van der Waals surface area contributed by atoms with Gasteiger partial charge in [-0.25, -0.2) is 0 Å². The Kier molecular flexibility index (Phi) is 4.59. The molecule has 1 aliphatic rings. The Balaban J connectivity index is 2.64. The Morgan fingerprint density at radius 1 is 1.23 bits per heavy atom. The van der Waals surface area contributed by atoms with E-state index in [1.54, 1.807) is 0 Å². The van der Waals surface area contributed by atoms with Crippen LogP contribution in [0.15, 0.2) is 41.9 Å². The van der Waals surface area contributed by atoms with Crippen molar-refractivity contribution in [3.8, 4) is 24.7 Å². The van der Waals surface area contributed by atoms with Crippen LogP contribution < -0.4 is 0 Å². The van der Waals surface area contributed by atoms with Crippen molar-refractivity contribution < 1.29 is 9.84 Å². The Morgan fingerprint density at radius 2 is 1.82 bits per heavy atom. The lowest BCUT2D eigenvalue weighted by Gasteiger charge is -2.43. The van der Waals surface area contributed by atoms with Gasteiger partial charge in [-0.15, -0.1) is 24.7 Å². The number of aliphatic hydroxyl groups is 1. The molecule has 1 unspecified atom stereocenters. The third-order valence-corrected chi connectivity index (χ3v) is 4.08. The molecule has 1 aliphatic heterocycles. The fourth-order valence-electron chi connectivity index (χ4n) is 2.97. The third-order valence-electron chi connectivity index (χ3n) is 4.08. The average molecular weight is 293 g/mol. The molecule has 3 nitrogen and oxygen atoms in total. The van der Waals surface area contributed by atoms with E-state index in [0.29, 0.717) is 12.0 Å². The highest BCUT2D eigenvalue weighted by Crippen LogP contribution is 2.49. The summed E-state index contributed by atoms with van der Waals surface area (Å²) in [6.45, 7) is 1.86. The topological polar surface area (TPSA) is 53.3 Å². The van der Waals surface area contributed by atoms with Gasteiger partial charge in [0, 0.05) is 12.8 Å². The van der Waals surface area contributed by atoms with Gasteiger partial charge in [-0.1, -0.05) is 37.3 Å². The van der Waals surface area contributed by atoms with Crippen molar-refractivity contribution in [1.82, 2.24) is 0 Å². The lowest BCUT2D eigenvalue weighted by molar-refractivity contribution is -0.0317. The molecule has 0 amide bonds. The van der Waals surface area contributed by atoms with Crippen molar-refractivity contribution in [2.24, 2.45) is 5.41 Å². The Bertz CT molecular complexity index is 658. The molecule has 0 saturated heterocycles. The molecule has 1 heterocycles. The summed E-state index contributed by atoms with van der Waals surface area (Å²) in [6.07, 6.45) is 11.6. The van der Waals surface area contributed by atoms with Crippen molar-refractivity contribution in [3.63, 3.8) is 0 Å². The monoisotopic (exact) mass is 293 g/mol. The van der Waals surface area contributed by atoms with E-state index in [1.807, 2.05) is 37.3 Å². The summed E-state index contributed by atoms with van der Waals surface area (Å²) in [5.41, 5.74) is 0.781. The predicted octanol–water partition coefficient (Wildman–Crippen LogP) is 3.99. The van der Waals surface area contributed by atoms with E-state index < -0.39 is 11.5 Å². The van der Waals surface area contributed by atoms with E-state index in [2.05, 4.69) is 11.8 Å². The second-order valence-electron chi connectivity index (χ2n) is 5.34. The molecule has 112 valence electrons. The molecule has 0 aliphatic carbocycles. The van der Waals surface area contributed by atoms with Gasteiger partial charge < -0.3 is 15.3 Å². The van der Waals surface area contributed by atoms with Crippen LogP contribution in [0.4, 0.5) is 0 Å². The molecule has 1 aromatic carbocycles. The van der Waals surface area contributed by atoms with Crippen LogP contribution in [-0.2, 0) is 4.74 Å². The largest absolute Gasteiger partial charge is 0.481 e. The van der Waals surface area contributed by atoms with Crippen molar-refractivity contribution in [1.29, 1.82) is 5.41 Å². The van der Waals surface area contributed by atoms with E-state index in [9.17, 15) is 5.11 Å². The molecular formula is C19H19NO2. The van der Waals surface area contributed by atoms with Crippen LogP contribution in [0.5, 0.6) is 0 Å². The van der Waals surface area contributed by atoms with Gasteiger partial charge in [0.2, 0.25) is 0 Å². The molecule has 0 bridgehead atoms. The van der Waals surface area contributed by atoms with Crippen molar-refractivity contribution in [2.45, 2.75) is 32.3 Å². The molecule has 0 spiro atoms. The van der Waals surface area contributed by atoms with E-state index in [1.165, 1.54) is 0 Å². The van der Waals surface area contributed by atoms with E-state index in [4.69, 9.17) is 23.0 Å². The minimum Gasteiger partial charge on any atom is -0.481 e. The number of nitrogens with one attached hydrogen (secondary N) is 1. The second kappa shape index (κ2) is 6.41. The van der Waals surface area contributed by atoms with E-state index in [0.717, 1.165) is 5.56 Å². The first-order valence-electron chi connectivity index (χ1n) is 7.20. The number of allylic oxidation sites excluding steroid dienone is 1.